The summed E-state index contributed by atoms with van der Waals surface area (Å²) in [5.74, 6) is -0.170. The van der Waals surface area contributed by atoms with E-state index in [2.05, 4.69) is 19.2 Å². The molecule has 0 aromatic heterocycles. The number of hydrogen-bond donors (Lipinski definition) is 3. The number of quaternary nitrogens is 1. The normalized spacial score (nSPS) is 13.9. The number of hydrogen-bond acceptors (Lipinski definition) is 5. The molecule has 0 aliphatic rings. The van der Waals surface area contributed by atoms with E-state index in [1.54, 1.807) is 6.08 Å². The van der Waals surface area contributed by atoms with Gasteiger partial charge in [0.25, 0.3) is 0 Å². The zero-order valence-corrected chi connectivity index (χ0v) is 48.7. The Balaban J connectivity index is 3.93. The van der Waals surface area contributed by atoms with E-state index in [1.807, 2.05) is 27.2 Å². The molecule has 0 aromatic rings. The Kier molecular flexibility index (Phi) is 52.5. The fourth-order valence-electron chi connectivity index (χ4n) is 9.63. The molecule has 0 spiro atoms. The fourth-order valence-corrected chi connectivity index (χ4v) is 10.4. The lowest BCUT2D eigenvalue weighted by Gasteiger charge is -2.25. The number of allylic oxidation sites excluding steroid dienone is 1. The van der Waals surface area contributed by atoms with Crippen LogP contribution in [0.5, 0.6) is 0 Å². The van der Waals surface area contributed by atoms with Crippen molar-refractivity contribution in [2.75, 3.05) is 40.9 Å². The third-order valence-corrected chi connectivity index (χ3v) is 15.5. The molecular formula is C61H124N2O6P+. The van der Waals surface area contributed by atoms with Gasteiger partial charge in [-0.3, -0.25) is 13.8 Å². The minimum absolute atomic E-state index is 0.0650. The molecule has 0 aliphatic carbocycles. The Morgan fingerprint density at radius 2 is 0.757 bits per heavy atom. The first-order valence-corrected chi connectivity index (χ1v) is 32.6. The van der Waals surface area contributed by atoms with Gasteiger partial charge in [-0.25, -0.2) is 4.57 Å². The number of nitrogens with zero attached hydrogens (tertiary/aromatic N) is 1. The van der Waals surface area contributed by atoms with E-state index < -0.39 is 20.0 Å². The van der Waals surface area contributed by atoms with Gasteiger partial charge in [-0.05, 0) is 19.3 Å². The van der Waals surface area contributed by atoms with Crippen LogP contribution >= 0.6 is 7.82 Å². The maximum atomic E-state index is 13.0. The van der Waals surface area contributed by atoms with Crippen LogP contribution in [-0.4, -0.2) is 73.4 Å². The van der Waals surface area contributed by atoms with Crippen LogP contribution in [0.4, 0.5) is 0 Å². The van der Waals surface area contributed by atoms with Crippen LogP contribution in [-0.2, 0) is 18.4 Å². The molecule has 0 fully saturated rings. The van der Waals surface area contributed by atoms with Gasteiger partial charge < -0.3 is 19.8 Å². The molecule has 0 rings (SSSR count). The highest BCUT2D eigenvalue weighted by molar-refractivity contribution is 7.47. The Hall–Kier alpha value is -0.760. The van der Waals surface area contributed by atoms with Gasteiger partial charge in [-0.15, -0.1) is 0 Å². The summed E-state index contributed by atoms with van der Waals surface area (Å²) < 4.78 is 23.7. The van der Waals surface area contributed by atoms with Crippen molar-refractivity contribution in [1.82, 2.24) is 5.32 Å². The largest absolute Gasteiger partial charge is 0.472 e. The van der Waals surface area contributed by atoms with Crippen molar-refractivity contribution in [3.63, 3.8) is 0 Å². The van der Waals surface area contributed by atoms with Crippen LogP contribution in [0.2, 0.25) is 0 Å². The first-order chi connectivity index (χ1) is 34.0. The SMILES string of the molecule is CCCCCCCCCCCCCC/C=C/[C@@H](O)[C@H](COP(=O)(O)OCC[N+](C)(C)C)NC(=O)CCCCCCCCCCCCCCCCCCCCCCCCCCCCCCCCCCCC. The number of amides is 1. The second kappa shape index (κ2) is 53.1. The standard InChI is InChI=1S/C61H123N2O6P/c1-6-8-10-12-14-16-18-20-22-23-24-25-26-27-28-29-30-31-32-33-34-35-36-37-38-39-40-41-43-45-47-49-51-53-55-61(65)62-59(58-69-70(66,67)68-57-56-63(3,4)5)60(64)54-52-50-48-46-44-42-21-19-17-15-13-11-9-7-2/h52,54,59-60,64H,6-51,53,55-58H2,1-5H3,(H-,62,65,66,67)/p+1/b54-52+/t59-,60+/m0/s1. The van der Waals surface area contributed by atoms with Gasteiger partial charge >= 0.3 is 7.82 Å². The average Bonchev–Trinajstić information content (AvgIpc) is 3.32. The highest BCUT2D eigenvalue weighted by Gasteiger charge is 2.27. The molecule has 0 bridgehead atoms. The van der Waals surface area contributed by atoms with Gasteiger partial charge in [0.05, 0.1) is 39.9 Å². The van der Waals surface area contributed by atoms with E-state index in [4.69, 9.17) is 9.05 Å². The topological polar surface area (TPSA) is 105 Å². The maximum absolute atomic E-state index is 13.0. The Morgan fingerprint density at radius 1 is 0.471 bits per heavy atom. The predicted octanol–water partition coefficient (Wildman–Crippen LogP) is 19.0. The van der Waals surface area contributed by atoms with Gasteiger partial charge in [0, 0.05) is 6.42 Å². The lowest BCUT2D eigenvalue weighted by atomic mass is 10.0. The predicted molar refractivity (Wildman–Crippen MR) is 305 cm³/mol. The Bertz CT molecular complexity index is 1150. The van der Waals surface area contributed by atoms with Crippen molar-refractivity contribution in [2.45, 2.75) is 334 Å². The van der Waals surface area contributed by atoms with Gasteiger partial charge in [0.15, 0.2) is 0 Å². The van der Waals surface area contributed by atoms with E-state index in [-0.39, 0.29) is 19.1 Å². The average molecular weight is 1010 g/mol. The summed E-state index contributed by atoms with van der Waals surface area (Å²) in [6, 6.07) is -0.841. The Morgan fingerprint density at radius 3 is 1.06 bits per heavy atom. The lowest BCUT2D eigenvalue weighted by Crippen LogP contribution is -2.45. The van der Waals surface area contributed by atoms with Crippen LogP contribution in [0.25, 0.3) is 0 Å². The summed E-state index contributed by atoms with van der Waals surface area (Å²) in [5.41, 5.74) is 0. The molecular weight excluding hydrogens is 888 g/mol. The van der Waals surface area contributed by atoms with Crippen LogP contribution in [0.1, 0.15) is 322 Å². The fraction of sp³-hybridized carbons (Fsp3) is 0.951. The van der Waals surface area contributed by atoms with E-state index in [9.17, 15) is 19.4 Å². The smallest absolute Gasteiger partial charge is 0.387 e. The first-order valence-electron chi connectivity index (χ1n) is 31.1. The molecule has 0 aromatic carbocycles. The van der Waals surface area contributed by atoms with Crippen LogP contribution < -0.4 is 5.32 Å². The van der Waals surface area contributed by atoms with Crippen LogP contribution in [0.3, 0.4) is 0 Å². The molecule has 3 N–H and O–H groups in total. The van der Waals surface area contributed by atoms with Crippen LogP contribution in [0.15, 0.2) is 12.2 Å². The zero-order valence-electron chi connectivity index (χ0n) is 47.8. The molecule has 9 heteroatoms. The number of phosphoric acid groups is 1. The molecule has 0 heterocycles. The number of phosphoric ester groups is 1. The molecule has 8 nitrogen and oxygen atoms in total. The minimum Gasteiger partial charge on any atom is -0.387 e. The number of likely N-dealkylation sites (N-methyl/N-ethyl adjacent to an activating group) is 1. The summed E-state index contributed by atoms with van der Waals surface area (Å²) in [5, 5.41) is 13.9. The number of carbonyl (C=O) groups excluding carboxylic acids is 1. The van der Waals surface area contributed by atoms with E-state index in [0.717, 1.165) is 38.5 Å². The number of aliphatic hydroxyl groups is 1. The molecule has 70 heavy (non-hydrogen) atoms. The third kappa shape index (κ3) is 55.0. The molecule has 0 saturated carbocycles. The number of rotatable bonds is 58. The van der Waals surface area contributed by atoms with E-state index in [1.165, 1.54) is 263 Å². The summed E-state index contributed by atoms with van der Waals surface area (Å²) in [4.78, 5) is 23.3. The van der Waals surface area contributed by atoms with E-state index >= 15 is 0 Å². The monoisotopic (exact) mass is 1010 g/mol. The van der Waals surface area contributed by atoms with Crippen molar-refractivity contribution in [3.8, 4) is 0 Å². The maximum Gasteiger partial charge on any atom is 0.472 e. The zero-order chi connectivity index (χ0) is 51.3. The molecule has 0 radical (unpaired) electrons. The molecule has 3 atom stereocenters. The van der Waals surface area contributed by atoms with Crippen molar-refractivity contribution >= 4 is 13.7 Å². The van der Waals surface area contributed by atoms with Crippen molar-refractivity contribution < 1.29 is 32.9 Å². The molecule has 418 valence electrons. The minimum atomic E-state index is -4.34. The molecule has 0 aliphatic heterocycles. The van der Waals surface area contributed by atoms with Gasteiger partial charge in [0.2, 0.25) is 5.91 Å². The summed E-state index contributed by atoms with van der Waals surface area (Å²) in [6.45, 7) is 4.86. The molecule has 1 unspecified atom stereocenters. The van der Waals surface area contributed by atoms with Crippen molar-refractivity contribution in [2.24, 2.45) is 0 Å². The molecule has 0 saturated heterocycles. The Labute approximate surface area is 437 Å². The van der Waals surface area contributed by atoms with Crippen molar-refractivity contribution in [3.05, 3.63) is 12.2 Å². The van der Waals surface area contributed by atoms with Gasteiger partial charge in [-0.1, -0.05) is 309 Å². The highest BCUT2D eigenvalue weighted by atomic mass is 31.2. The van der Waals surface area contributed by atoms with Crippen LogP contribution in [0, 0.1) is 0 Å². The van der Waals surface area contributed by atoms with Crippen molar-refractivity contribution in [1.29, 1.82) is 0 Å². The second-order valence-electron chi connectivity index (χ2n) is 22.8. The number of carbonyl (C=O) groups is 1. The third-order valence-electron chi connectivity index (χ3n) is 14.5. The quantitative estimate of drug-likeness (QED) is 0.0243. The number of unbranched alkanes of at least 4 members (excludes halogenated alkanes) is 45. The van der Waals surface area contributed by atoms with Gasteiger partial charge in [0.1, 0.15) is 13.2 Å². The molecule has 1 amide bonds. The summed E-state index contributed by atoms with van der Waals surface area (Å²) >= 11 is 0. The van der Waals surface area contributed by atoms with E-state index in [0.29, 0.717) is 17.4 Å². The summed E-state index contributed by atoms with van der Waals surface area (Å²) in [6.07, 6.45) is 66.3. The number of nitrogens with one attached hydrogen (secondary N) is 1. The number of aliphatic hydroxyl groups excluding tert-OH is 1. The first kappa shape index (κ1) is 69.2. The summed E-state index contributed by atoms with van der Waals surface area (Å²) in [7, 11) is 1.59. The second-order valence-corrected chi connectivity index (χ2v) is 24.3. The lowest BCUT2D eigenvalue weighted by molar-refractivity contribution is -0.870. The van der Waals surface area contributed by atoms with Gasteiger partial charge in [-0.2, -0.15) is 0 Å². The highest BCUT2D eigenvalue weighted by Crippen LogP contribution is 2.43.